The van der Waals surface area contributed by atoms with Crippen LogP contribution in [0.1, 0.15) is 26.6 Å². The molecule has 23 heavy (non-hydrogen) atoms. The first-order valence-electron chi connectivity index (χ1n) is 7.04. The first-order chi connectivity index (χ1) is 10.9. The largest absolute Gasteiger partial charge is 0.336 e. The maximum Gasteiger partial charge on any atom is 0.278 e. The third kappa shape index (κ3) is 2.91. The Morgan fingerprint density at radius 1 is 1.17 bits per heavy atom. The second-order valence-electron chi connectivity index (χ2n) is 6.11. The monoisotopic (exact) mass is 331 g/mol. The van der Waals surface area contributed by atoms with Crippen molar-refractivity contribution in [3.63, 3.8) is 0 Å². The minimum Gasteiger partial charge on any atom is -0.336 e. The summed E-state index contributed by atoms with van der Waals surface area (Å²) in [6.45, 7) is 6.02. The van der Waals surface area contributed by atoms with Crippen molar-refractivity contribution < 1.29 is 0 Å². The first kappa shape index (κ1) is 15.5. The molecule has 120 valence electrons. The van der Waals surface area contributed by atoms with Gasteiger partial charge in [-0.3, -0.25) is 4.79 Å². The van der Waals surface area contributed by atoms with Crippen molar-refractivity contribution in [1.82, 2.24) is 29.9 Å². The molecule has 0 spiro atoms. The summed E-state index contributed by atoms with van der Waals surface area (Å²) in [5, 5.41) is 17.2. The van der Waals surface area contributed by atoms with Gasteiger partial charge in [0.1, 0.15) is 5.52 Å². The number of aromatic nitrogens is 6. The zero-order valence-corrected chi connectivity index (χ0v) is 13.9. The van der Waals surface area contributed by atoms with Gasteiger partial charge in [-0.2, -0.15) is 4.68 Å². The van der Waals surface area contributed by atoms with Crippen LogP contribution < -0.4 is 11.4 Å². The van der Waals surface area contributed by atoms with Gasteiger partial charge in [0.15, 0.2) is 5.82 Å². The summed E-state index contributed by atoms with van der Waals surface area (Å²) in [6, 6.07) is 7.11. The lowest BCUT2D eigenvalue weighted by atomic mass is 9.96. The van der Waals surface area contributed by atoms with Gasteiger partial charge < -0.3 is 5.84 Å². The first-order valence-corrected chi connectivity index (χ1v) is 8.03. The van der Waals surface area contributed by atoms with Crippen molar-refractivity contribution in [2.75, 3.05) is 5.84 Å². The Hall–Kier alpha value is -2.42. The molecular formula is C14H17N7OS. The second kappa shape index (κ2) is 5.65. The fraction of sp³-hybridized carbons (Fsp3) is 0.357. The minimum atomic E-state index is -0.208. The van der Waals surface area contributed by atoms with Crippen molar-refractivity contribution in [2.24, 2.45) is 0 Å². The standard InChI is InChI=1S/C14H17N7OS/c1-14(2,3)12-17-18-13(21(12)15)23-8-20-11(22)9-6-4-5-7-10(9)16-19-20/h4-7H,8,15H2,1-3H3. The number of benzene rings is 1. The highest BCUT2D eigenvalue weighted by atomic mass is 32.2. The number of nitrogens with zero attached hydrogens (tertiary/aromatic N) is 6. The molecular weight excluding hydrogens is 314 g/mol. The molecule has 3 aromatic rings. The van der Waals surface area contributed by atoms with Crippen LogP contribution in [0.15, 0.2) is 34.2 Å². The van der Waals surface area contributed by atoms with Crippen molar-refractivity contribution >= 4 is 22.7 Å². The number of nitrogen functional groups attached to an aromatic ring is 1. The molecule has 2 heterocycles. The van der Waals surface area contributed by atoms with Crippen LogP contribution in [0.5, 0.6) is 0 Å². The summed E-state index contributed by atoms with van der Waals surface area (Å²) < 4.78 is 2.74. The van der Waals surface area contributed by atoms with E-state index in [1.54, 1.807) is 18.2 Å². The zero-order valence-electron chi connectivity index (χ0n) is 13.1. The van der Waals surface area contributed by atoms with E-state index in [2.05, 4.69) is 20.5 Å². The van der Waals surface area contributed by atoms with E-state index in [1.807, 2.05) is 26.8 Å². The number of hydrogen-bond acceptors (Lipinski definition) is 7. The predicted molar refractivity (Wildman–Crippen MR) is 88.5 cm³/mol. The molecule has 1 aromatic carbocycles. The molecule has 0 saturated carbocycles. The normalized spacial score (nSPS) is 12.0. The molecule has 9 heteroatoms. The fourth-order valence-electron chi connectivity index (χ4n) is 2.11. The van der Waals surface area contributed by atoms with Crippen molar-refractivity contribution in [1.29, 1.82) is 0 Å². The highest BCUT2D eigenvalue weighted by molar-refractivity contribution is 7.98. The Balaban J connectivity index is 1.86. The molecule has 0 atom stereocenters. The summed E-state index contributed by atoms with van der Waals surface area (Å²) >= 11 is 1.28. The highest BCUT2D eigenvalue weighted by Gasteiger charge is 2.23. The van der Waals surface area contributed by atoms with Gasteiger partial charge in [-0.25, -0.2) is 4.68 Å². The number of hydrogen-bond donors (Lipinski definition) is 1. The predicted octanol–water partition coefficient (Wildman–Crippen LogP) is 1.14. The van der Waals surface area contributed by atoms with Gasteiger partial charge in [0, 0.05) is 5.41 Å². The minimum absolute atomic E-state index is 0.192. The molecule has 0 aliphatic heterocycles. The summed E-state index contributed by atoms with van der Waals surface area (Å²) in [7, 11) is 0. The summed E-state index contributed by atoms with van der Waals surface area (Å²) in [4.78, 5) is 12.4. The van der Waals surface area contributed by atoms with Gasteiger partial charge in [0.05, 0.1) is 11.3 Å². The van der Waals surface area contributed by atoms with Crippen LogP contribution in [0.4, 0.5) is 0 Å². The van der Waals surface area contributed by atoms with E-state index in [9.17, 15) is 4.79 Å². The van der Waals surface area contributed by atoms with Gasteiger partial charge >= 0.3 is 0 Å². The zero-order chi connectivity index (χ0) is 16.6. The maximum atomic E-state index is 12.4. The molecule has 0 aliphatic carbocycles. The highest BCUT2D eigenvalue weighted by Crippen LogP contribution is 2.23. The van der Waals surface area contributed by atoms with E-state index in [1.165, 1.54) is 21.1 Å². The second-order valence-corrected chi connectivity index (χ2v) is 7.02. The van der Waals surface area contributed by atoms with Crippen LogP contribution >= 0.6 is 11.8 Å². The molecule has 0 amide bonds. The topological polar surface area (TPSA) is 105 Å². The lowest BCUT2D eigenvalue weighted by Crippen LogP contribution is -2.25. The molecule has 2 aromatic heterocycles. The number of thioether (sulfide) groups is 1. The number of rotatable bonds is 3. The van der Waals surface area contributed by atoms with Gasteiger partial charge in [-0.1, -0.05) is 49.9 Å². The fourth-order valence-corrected chi connectivity index (χ4v) is 2.84. The van der Waals surface area contributed by atoms with E-state index in [0.29, 0.717) is 21.9 Å². The van der Waals surface area contributed by atoms with E-state index in [4.69, 9.17) is 5.84 Å². The van der Waals surface area contributed by atoms with Crippen molar-refractivity contribution in [3.8, 4) is 0 Å². The van der Waals surface area contributed by atoms with E-state index in [0.717, 1.165) is 0 Å². The molecule has 8 nitrogen and oxygen atoms in total. The Morgan fingerprint density at radius 3 is 2.61 bits per heavy atom. The average molecular weight is 331 g/mol. The molecule has 0 bridgehead atoms. The van der Waals surface area contributed by atoms with Crippen LogP contribution in [0.3, 0.4) is 0 Å². The summed E-state index contributed by atoms with van der Waals surface area (Å²) in [5.41, 5.74) is 0.179. The van der Waals surface area contributed by atoms with Gasteiger partial charge in [-0.15, -0.1) is 15.3 Å². The van der Waals surface area contributed by atoms with E-state index < -0.39 is 0 Å². The third-order valence-corrected chi connectivity index (χ3v) is 4.19. The van der Waals surface area contributed by atoms with Gasteiger partial charge in [0.25, 0.3) is 5.56 Å². The van der Waals surface area contributed by atoms with Gasteiger partial charge in [-0.05, 0) is 12.1 Å². The molecule has 0 unspecified atom stereocenters. The van der Waals surface area contributed by atoms with Crippen LogP contribution in [-0.4, -0.2) is 29.9 Å². The molecule has 0 radical (unpaired) electrons. The average Bonchev–Trinajstić information content (AvgIpc) is 2.88. The van der Waals surface area contributed by atoms with Crippen molar-refractivity contribution in [3.05, 3.63) is 40.4 Å². The van der Waals surface area contributed by atoms with E-state index >= 15 is 0 Å². The lowest BCUT2D eigenvalue weighted by molar-refractivity contribution is 0.523. The molecule has 3 rings (SSSR count). The number of nitrogens with two attached hydrogens (primary N) is 1. The molecule has 0 aliphatic rings. The third-order valence-electron chi connectivity index (χ3n) is 3.28. The van der Waals surface area contributed by atoms with Crippen LogP contribution in [0, 0.1) is 0 Å². The molecule has 0 fully saturated rings. The SMILES string of the molecule is CC(C)(C)c1nnc(SCn2nnc3ccccc3c2=O)n1N. The molecule has 0 saturated heterocycles. The summed E-state index contributed by atoms with van der Waals surface area (Å²) in [5.74, 6) is 6.97. The van der Waals surface area contributed by atoms with Crippen molar-refractivity contribution in [2.45, 2.75) is 37.2 Å². The lowest BCUT2D eigenvalue weighted by Gasteiger charge is -2.16. The maximum absolute atomic E-state index is 12.4. The summed E-state index contributed by atoms with van der Waals surface area (Å²) in [6.07, 6.45) is 0. The quantitative estimate of drug-likeness (QED) is 0.567. The Bertz CT molecular complexity index is 909. The van der Waals surface area contributed by atoms with Crippen LogP contribution in [0.25, 0.3) is 10.9 Å². The van der Waals surface area contributed by atoms with Crippen LogP contribution in [0.2, 0.25) is 0 Å². The smallest absolute Gasteiger partial charge is 0.278 e. The Kier molecular flexibility index (Phi) is 3.80. The molecule has 2 N–H and O–H groups in total. The Morgan fingerprint density at radius 2 is 1.91 bits per heavy atom. The van der Waals surface area contributed by atoms with Crippen LogP contribution in [-0.2, 0) is 11.3 Å². The van der Waals surface area contributed by atoms with Gasteiger partial charge in [0.2, 0.25) is 5.16 Å². The Labute approximate surface area is 136 Å². The number of fused-ring (bicyclic) bond motifs is 1. The van der Waals surface area contributed by atoms with E-state index in [-0.39, 0.29) is 16.9 Å².